The number of hydrogen-bond acceptors (Lipinski definition) is 3. The maximum atomic E-state index is 13.6. The summed E-state index contributed by atoms with van der Waals surface area (Å²) >= 11 is 0. The molecule has 1 N–H and O–H groups in total. The molecule has 1 aromatic heterocycles. The fourth-order valence-corrected chi connectivity index (χ4v) is 3.38. The lowest BCUT2D eigenvalue weighted by molar-refractivity contribution is 0.0670. The Kier molecular flexibility index (Phi) is 4.70. The van der Waals surface area contributed by atoms with E-state index in [1.54, 1.807) is 17.0 Å². The fourth-order valence-electron chi connectivity index (χ4n) is 3.38. The Labute approximate surface area is 145 Å². The Morgan fingerprint density at radius 2 is 2.16 bits per heavy atom. The highest BCUT2D eigenvalue weighted by molar-refractivity contribution is 5.92. The Morgan fingerprint density at radius 1 is 1.40 bits per heavy atom. The van der Waals surface area contributed by atoms with Crippen molar-refractivity contribution < 1.29 is 9.18 Å². The van der Waals surface area contributed by atoms with E-state index in [2.05, 4.69) is 9.97 Å². The second-order valence-electron chi connectivity index (χ2n) is 6.96. The zero-order valence-electron chi connectivity index (χ0n) is 14.7. The summed E-state index contributed by atoms with van der Waals surface area (Å²) in [5.41, 5.74) is 2.20. The zero-order chi connectivity index (χ0) is 18.1. The molecule has 1 unspecified atom stereocenters. The van der Waals surface area contributed by atoms with Crippen molar-refractivity contribution in [3.05, 3.63) is 63.1 Å². The predicted octanol–water partition coefficient (Wildman–Crippen LogP) is 2.87. The molecule has 1 amide bonds. The second-order valence-corrected chi connectivity index (χ2v) is 6.96. The van der Waals surface area contributed by atoms with Crippen LogP contribution in [-0.2, 0) is 12.8 Å². The summed E-state index contributed by atoms with van der Waals surface area (Å²) in [6.45, 7) is 6.47. The number of aromatic amines is 1. The number of aromatic nitrogens is 2. The van der Waals surface area contributed by atoms with Crippen molar-refractivity contribution in [2.24, 2.45) is 5.92 Å². The lowest BCUT2D eigenvalue weighted by Crippen LogP contribution is -2.40. The molecule has 0 bridgehead atoms. The van der Waals surface area contributed by atoms with Gasteiger partial charge in [0.1, 0.15) is 11.5 Å². The number of nitrogens with one attached hydrogen (secondary N) is 1. The van der Waals surface area contributed by atoms with Gasteiger partial charge in [0.05, 0.1) is 6.04 Å². The molecular weight excluding hydrogens is 321 g/mol. The third-order valence-corrected chi connectivity index (χ3v) is 4.56. The smallest absolute Gasteiger partial charge is 0.330 e. The summed E-state index contributed by atoms with van der Waals surface area (Å²) in [5.74, 6) is -0.253. The van der Waals surface area contributed by atoms with Crippen LogP contribution in [0.1, 0.15) is 54.1 Å². The number of benzene rings is 1. The molecule has 1 aliphatic rings. The van der Waals surface area contributed by atoms with Gasteiger partial charge in [-0.25, -0.2) is 9.18 Å². The van der Waals surface area contributed by atoms with Crippen LogP contribution in [0.4, 0.5) is 4.39 Å². The second kappa shape index (κ2) is 6.78. The molecule has 0 radical (unpaired) electrons. The number of carbonyl (C=O) groups is 1. The van der Waals surface area contributed by atoms with Crippen LogP contribution >= 0.6 is 0 Å². The average molecular weight is 343 g/mol. The Hall–Kier alpha value is -2.50. The average Bonchev–Trinajstić information content (AvgIpc) is 2.54. The van der Waals surface area contributed by atoms with E-state index >= 15 is 0 Å². The van der Waals surface area contributed by atoms with Crippen molar-refractivity contribution >= 4 is 5.91 Å². The van der Waals surface area contributed by atoms with Crippen molar-refractivity contribution in [2.75, 3.05) is 6.54 Å². The van der Waals surface area contributed by atoms with Crippen molar-refractivity contribution in [2.45, 2.75) is 39.7 Å². The first kappa shape index (κ1) is 17.3. The summed E-state index contributed by atoms with van der Waals surface area (Å²) in [5, 5.41) is 0. The van der Waals surface area contributed by atoms with Crippen molar-refractivity contribution in [3.8, 4) is 0 Å². The Balaban J connectivity index is 1.91. The molecule has 0 saturated heterocycles. The molecule has 1 aromatic carbocycles. The first-order valence-corrected chi connectivity index (χ1v) is 8.54. The van der Waals surface area contributed by atoms with Crippen LogP contribution in [0.25, 0.3) is 0 Å². The summed E-state index contributed by atoms with van der Waals surface area (Å²) in [7, 11) is 0. The molecule has 0 spiro atoms. The molecule has 2 aromatic rings. The molecule has 5 nitrogen and oxygen atoms in total. The Bertz CT molecular complexity index is 860. The third kappa shape index (κ3) is 3.62. The van der Waals surface area contributed by atoms with Gasteiger partial charge in [0, 0.05) is 12.2 Å². The molecule has 132 valence electrons. The number of nitrogens with zero attached hydrogens (tertiary/aromatic N) is 2. The van der Waals surface area contributed by atoms with Gasteiger partial charge in [-0.1, -0.05) is 19.9 Å². The van der Waals surface area contributed by atoms with Gasteiger partial charge in [-0.05, 0) is 55.0 Å². The lowest BCUT2D eigenvalue weighted by atomic mass is 9.93. The lowest BCUT2D eigenvalue weighted by Gasteiger charge is -2.35. The monoisotopic (exact) mass is 343 g/mol. The van der Waals surface area contributed by atoms with Crippen LogP contribution in [0.2, 0.25) is 0 Å². The molecule has 1 atom stereocenters. The molecule has 3 rings (SSSR count). The summed E-state index contributed by atoms with van der Waals surface area (Å²) < 4.78 is 13.6. The maximum Gasteiger partial charge on any atom is 0.345 e. The van der Waals surface area contributed by atoms with Gasteiger partial charge in [0.15, 0.2) is 0 Å². The van der Waals surface area contributed by atoms with Gasteiger partial charge >= 0.3 is 5.69 Å². The molecule has 6 heteroatoms. The number of carbonyl (C=O) groups excluding carboxylic acids is 1. The van der Waals surface area contributed by atoms with Crippen LogP contribution in [0.3, 0.4) is 0 Å². The Morgan fingerprint density at radius 3 is 2.88 bits per heavy atom. The van der Waals surface area contributed by atoms with Crippen LogP contribution in [0, 0.1) is 11.7 Å². The number of fused-ring (bicyclic) bond motifs is 1. The molecule has 2 heterocycles. The minimum absolute atomic E-state index is 0.145. The zero-order valence-corrected chi connectivity index (χ0v) is 14.7. The van der Waals surface area contributed by atoms with Gasteiger partial charge in [-0.3, -0.25) is 4.79 Å². The number of rotatable bonds is 3. The van der Waals surface area contributed by atoms with Gasteiger partial charge in [0.25, 0.3) is 5.91 Å². The van der Waals surface area contributed by atoms with E-state index in [0.717, 1.165) is 11.1 Å². The van der Waals surface area contributed by atoms with Crippen LogP contribution in [0.15, 0.2) is 29.1 Å². The van der Waals surface area contributed by atoms with Gasteiger partial charge in [0.2, 0.25) is 0 Å². The van der Waals surface area contributed by atoms with Crippen LogP contribution in [0.5, 0.6) is 0 Å². The van der Waals surface area contributed by atoms with E-state index in [4.69, 9.17) is 0 Å². The fraction of sp³-hybridized carbons (Fsp3) is 0.421. The highest BCUT2D eigenvalue weighted by Crippen LogP contribution is 2.30. The highest BCUT2D eigenvalue weighted by Gasteiger charge is 2.29. The van der Waals surface area contributed by atoms with E-state index in [1.165, 1.54) is 12.1 Å². The van der Waals surface area contributed by atoms with Gasteiger partial charge in [-0.2, -0.15) is 4.98 Å². The van der Waals surface area contributed by atoms with E-state index in [0.29, 0.717) is 31.0 Å². The van der Waals surface area contributed by atoms with Crippen LogP contribution in [-0.4, -0.2) is 27.3 Å². The number of halogens is 1. The van der Waals surface area contributed by atoms with E-state index in [9.17, 15) is 14.0 Å². The molecule has 0 aliphatic carbocycles. The SMILES string of the molecule is CC(C)Cc1cc(C(=O)N2CCc3ccc(F)cc3C2C)nc(=O)[nH]1. The third-order valence-electron chi connectivity index (χ3n) is 4.56. The highest BCUT2D eigenvalue weighted by atomic mass is 19.1. The first-order valence-electron chi connectivity index (χ1n) is 8.54. The summed E-state index contributed by atoms with van der Waals surface area (Å²) in [4.78, 5) is 32.9. The van der Waals surface area contributed by atoms with Crippen molar-refractivity contribution in [1.29, 1.82) is 0 Å². The normalized spacial score (nSPS) is 16.8. The topological polar surface area (TPSA) is 66.1 Å². The van der Waals surface area contributed by atoms with Crippen LogP contribution < -0.4 is 5.69 Å². The number of amides is 1. The van der Waals surface area contributed by atoms with Gasteiger partial charge in [-0.15, -0.1) is 0 Å². The molecule has 1 aliphatic heterocycles. The molecular formula is C19H22FN3O2. The van der Waals surface area contributed by atoms with E-state index in [-0.39, 0.29) is 23.5 Å². The minimum atomic E-state index is -0.516. The minimum Gasteiger partial charge on any atom is -0.330 e. The number of H-pyrrole nitrogens is 1. The van der Waals surface area contributed by atoms with E-state index in [1.807, 2.05) is 20.8 Å². The first-order chi connectivity index (χ1) is 11.8. The summed E-state index contributed by atoms with van der Waals surface area (Å²) in [6, 6.07) is 6.09. The van der Waals surface area contributed by atoms with Crippen molar-refractivity contribution in [1.82, 2.24) is 14.9 Å². The largest absolute Gasteiger partial charge is 0.345 e. The maximum absolute atomic E-state index is 13.6. The molecule has 25 heavy (non-hydrogen) atoms. The summed E-state index contributed by atoms with van der Waals surface area (Å²) in [6.07, 6.45) is 1.33. The standard InChI is InChI=1S/C19H22FN3O2/c1-11(2)8-15-10-17(22-19(25)21-15)18(24)23-7-6-13-4-5-14(20)9-16(13)12(23)3/h4-5,9-12H,6-8H2,1-3H3,(H,21,22,25). The molecule has 0 fully saturated rings. The quantitative estimate of drug-likeness (QED) is 0.932. The van der Waals surface area contributed by atoms with Crippen molar-refractivity contribution in [3.63, 3.8) is 0 Å². The predicted molar refractivity (Wildman–Crippen MR) is 93.0 cm³/mol. The van der Waals surface area contributed by atoms with E-state index < -0.39 is 5.69 Å². The molecule has 0 saturated carbocycles. The number of hydrogen-bond donors (Lipinski definition) is 1. The van der Waals surface area contributed by atoms with Gasteiger partial charge < -0.3 is 9.88 Å².